The number of carboxylic acids is 1. The van der Waals surface area contributed by atoms with Crippen LogP contribution in [0.4, 0.5) is 11.5 Å². The molecule has 1 saturated heterocycles. The van der Waals surface area contributed by atoms with Gasteiger partial charge in [-0.25, -0.2) is 9.78 Å². The summed E-state index contributed by atoms with van der Waals surface area (Å²) in [6.07, 6.45) is 3.17. The molecule has 0 aliphatic carbocycles. The van der Waals surface area contributed by atoms with E-state index >= 15 is 0 Å². The first-order chi connectivity index (χ1) is 11.9. The highest BCUT2D eigenvalue weighted by Crippen LogP contribution is 2.37. The van der Waals surface area contributed by atoms with Gasteiger partial charge in [0.2, 0.25) is 5.91 Å². The summed E-state index contributed by atoms with van der Waals surface area (Å²) in [4.78, 5) is 30.3. The van der Waals surface area contributed by atoms with Crippen LogP contribution in [0, 0.1) is 5.92 Å². The summed E-state index contributed by atoms with van der Waals surface area (Å²) < 4.78 is 0. The number of anilines is 2. The molecule has 3 heterocycles. The number of aromatic carboxylic acids is 1. The number of thiophene rings is 1. The van der Waals surface area contributed by atoms with E-state index in [-0.39, 0.29) is 16.7 Å². The SMILES string of the molecule is CCCc1cc(N2CCC(C(N)=O)CC2)nc2sc(C(=O)O)c(N)c12. The maximum Gasteiger partial charge on any atom is 0.348 e. The summed E-state index contributed by atoms with van der Waals surface area (Å²) in [5.74, 6) is -0.526. The van der Waals surface area contributed by atoms with Gasteiger partial charge in [-0.05, 0) is 30.9 Å². The third kappa shape index (κ3) is 3.26. The van der Waals surface area contributed by atoms with E-state index in [4.69, 9.17) is 11.5 Å². The van der Waals surface area contributed by atoms with E-state index in [2.05, 4.69) is 16.8 Å². The number of hydrogen-bond acceptors (Lipinski definition) is 6. The van der Waals surface area contributed by atoms with Crippen molar-refractivity contribution in [1.29, 1.82) is 0 Å². The largest absolute Gasteiger partial charge is 0.477 e. The molecular formula is C17H22N4O3S. The van der Waals surface area contributed by atoms with Gasteiger partial charge in [0.05, 0.1) is 5.69 Å². The number of primary amides is 1. The van der Waals surface area contributed by atoms with E-state index < -0.39 is 5.97 Å². The Labute approximate surface area is 149 Å². The maximum atomic E-state index is 11.4. The molecule has 0 atom stereocenters. The summed E-state index contributed by atoms with van der Waals surface area (Å²) in [5, 5.41) is 10.1. The number of aromatic nitrogens is 1. The molecule has 7 nitrogen and oxygen atoms in total. The van der Waals surface area contributed by atoms with Crippen LogP contribution in [0.1, 0.15) is 41.4 Å². The number of pyridine rings is 1. The second-order valence-electron chi connectivity index (χ2n) is 6.38. The molecule has 134 valence electrons. The van der Waals surface area contributed by atoms with Gasteiger partial charge >= 0.3 is 5.97 Å². The molecule has 3 rings (SSSR count). The van der Waals surface area contributed by atoms with Crippen LogP contribution in [0.25, 0.3) is 10.2 Å². The van der Waals surface area contributed by atoms with E-state index in [1.54, 1.807) is 0 Å². The Kier molecular flexibility index (Phi) is 4.80. The van der Waals surface area contributed by atoms with Crippen molar-refractivity contribution >= 4 is 44.9 Å². The number of amides is 1. The van der Waals surface area contributed by atoms with Gasteiger partial charge in [-0.15, -0.1) is 11.3 Å². The fraction of sp³-hybridized carbons (Fsp3) is 0.471. The van der Waals surface area contributed by atoms with Crippen molar-refractivity contribution in [2.24, 2.45) is 11.7 Å². The summed E-state index contributed by atoms with van der Waals surface area (Å²) in [5.41, 5.74) is 12.8. The van der Waals surface area contributed by atoms with Crippen molar-refractivity contribution in [3.8, 4) is 0 Å². The maximum absolute atomic E-state index is 11.4. The highest BCUT2D eigenvalue weighted by molar-refractivity contribution is 7.21. The van der Waals surface area contributed by atoms with Gasteiger partial charge in [0.1, 0.15) is 15.5 Å². The number of carbonyl (C=O) groups excluding carboxylic acids is 1. The number of aryl methyl sites for hydroxylation is 1. The molecule has 0 unspecified atom stereocenters. The van der Waals surface area contributed by atoms with Crippen LogP contribution in [0.5, 0.6) is 0 Å². The van der Waals surface area contributed by atoms with Gasteiger partial charge in [-0.3, -0.25) is 4.79 Å². The van der Waals surface area contributed by atoms with Crippen molar-refractivity contribution < 1.29 is 14.7 Å². The number of nitrogens with two attached hydrogens (primary N) is 2. The number of piperidine rings is 1. The van der Waals surface area contributed by atoms with E-state index in [0.717, 1.165) is 40.9 Å². The fourth-order valence-corrected chi connectivity index (χ4v) is 4.34. The van der Waals surface area contributed by atoms with Gasteiger partial charge in [0, 0.05) is 24.4 Å². The van der Waals surface area contributed by atoms with E-state index in [9.17, 15) is 14.7 Å². The van der Waals surface area contributed by atoms with Crippen LogP contribution in [0.15, 0.2) is 6.07 Å². The minimum absolute atomic E-state index is 0.0777. The molecule has 25 heavy (non-hydrogen) atoms. The number of nitrogens with zero attached hydrogens (tertiary/aromatic N) is 2. The molecule has 1 amide bonds. The zero-order chi connectivity index (χ0) is 18.1. The zero-order valence-corrected chi connectivity index (χ0v) is 14.9. The average molecular weight is 362 g/mol. The number of rotatable bonds is 5. The number of fused-ring (bicyclic) bond motifs is 1. The monoisotopic (exact) mass is 362 g/mol. The summed E-state index contributed by atoms with van der Waals surface area (Å²) in [7, 11) is 0. The van der Waals surface area contributed by atoms with Crippen molar-refractivity contribution in [2.45, 2.75) is 32.6 Å². The quantitative estimate of drug-likeness (QED) is 0.749. The van der Waals surface area contributed by atoms with Gasteiger partial charge in [-0.1, -0.05) is 13.3 Å². The molecule has 1 fully saturated rings. The lowest BCUT2D eigenvalue weighted by atomic mass is 9.96. The Hall–Kier alpha value is -2.35. The molecule has 1 aliphatic heterocycles. The molecule has 1 aliphatic rings. The second-order valence-corrected chi connectivity index (χ2v) is 7.38. The molecular weight excluding hydrogens is 340 g/mol. The number of carboxylic acid groups (broad SMARTS) is 1. The van der Waals surface area contributed by atoms with Crippen LogP contribution in [0.3, 0.4) is 0 Å². The first-order valence-corrected chi connectivity index (χ1v) is 9.23. The Balaban J connectivity index is 2.00. The first-order valence-electron chi connectivity index (χ1n) is 8.41. The minimum atomic E-state index is -1.02. The van der Waals surface area contributed by atoms with Crippen LogP contribution < -0.4 is 16.4 Å². The lowest BCUT2D eigenvalue weighted by molar-refractivity contribution is -0.122. The van der Waals surface area contributed by atoms with E-state index in [1.165, 1.54) is 0 Å². The molecule has 2 aromatic rings. The highest BCUT2D eigenvalue weighted by Gasteiger charge is 2.26. The summed E-state index contributed by atoms with van der Waals surface area (Å²) >= 11 is 1.12. The smallest absolute Gasteiger partial charge is 0.348 e. The zero-order valence-electron chi connectivity index (χ0n) is 14.1. The van der Waals surface area contributed by atoms with Crippen LogP contribution >= 0.6 is 11.3 Å². The molecule has 0 aromatic carbocycles. The predicted octanol–water partition coefficient (Wildman–Crippen LogP) is 2.23. The highest BCUT2D eigenvalue weighted by atomic mass is 32.1. The predicted molar refractivity (Wildman–Crippen MR) is 99.1 cm³/mol. The summed E-state index contributed by atoms with van der Waals surface area (Å²) in [6.45, 7) is 3.50. The Morgan fingerprint density at radius 3 is 2.64 bits per heavy atom. The molecule has 2 aromatic heterocycles. The minimum Gasteiger partial charge on any atom is -0.477 e. The van der Waals surface area contributed by atoms with E-state index in [1.807, 2.05) is 6.07 Å². The van der Waals surface area contributed by atoms with Gasteiger partial charge < -0.3 is 21.5 Å². The Morgan fingerprint density at radius 2 is 2.08 bits per heavy atom. The van der Waals surface area contributed by atoms with Crippen molar-refractivity contribution in [3.05, 3.63) is 16.5 Å². The van der Waals surface area contributed by atoms with Gasteiger partial charge in [-0.2, -0.15) is 0 Å². The molecule has 5 N–H and O–H groups in total. The molecule has 0 radical (unpaired) electrons. The van der Waals surface area contributed by atoms with Crippen LogP contribution in [-0.2, 0) is 11.2 Å². The normalized spacial score (nSPS) is 15.6. The molecule has 8 heteroatoms. The number of nitrogen functional groups attached to an aromatic ring is 1. The Morgan fingerprint density at radius 1 is 1.40 bits per heavy atom. The number of carbonyl (C=O) groups is 2. The number of hydrogen-bond donors (Lipinski definition) is 3. The summed E-state index contributed by atoms with van der Waals surface area (Å²) in [6, 6.07) is 2.01. The lowest BCUT2D eigenvalue weighted by Gasteiger charge is -2.31. The standard InChI is InChI=1S/C17H22N4O3S/c1-2-3-10-8-11(21-6-4-9(5-7-21)15(19)22)20-16-12(10)13(18)14(25-16)17(23)24/h8-9H,2-7,18H2,1H3,(H2,19,22)(H,23,24). The second kappa shape index (κ2) is 6.87. The van der Waals surface area contributed by atoms with Crippen molar-refractivity contribution in [1.82, 2.24) is 4.98 Å². The molecule has 0 spiro atoms. The average Bonchev–Trinajstić information content (AvgIpc) is 2.92. The van der Waals surface area contributed by atoms with Crippen molar-refractivity contribution in [3.63, 3.8) is 0 Å². The van der Waals surface area contributed by atoms with Gasteiger partial charge in [0.25, 0.3) is 0 Å². The topological polar surface area (TPSA) is 123 Å². The van der Waals surface area contributed by atoms with E-state index in [0.29, 0.717) is 36.4 Å². The van der Waals surface area contributed by atoms with Gasteiger partial charge in [0.15, 0.2) is 0 Å². The Bertz CT molecular complexity index is 825. The molecule has 0 bridgehead atoms. The lowest BCUT2D eigenvalue weighted by Crippen LogP contribution is -2.38. The third-order valence-electron chi connectivity index (χ3n) is 4.70. The fourth-order valence-electron chi connectivity index (χ4n) is 3.37. The first kappa shape index (κ1) is 17.5. The van der Waals surface area contributed by atoms with Crippen molar-refractivity contribution in [2.75, 3.05) is 23.7 Å². The van der Waals surface area contributed by atoms with Crippen LogP contribution in [0.2, 0.25) is 0 Å². The van der Waals surface area contributed by atoms with Crippen LogP contribution in [-0.4, -0.2) is 35.1 Å². The molecule has 0 saturated carbocycles. The third-order valence-corrected chi connectivity index (χ3v) is 5.79.